The van der Waals surface area contributed by atoms with Gasteiger partial charge in [0.15, 0.2) is 0 Å². The van der Waals surface area contributed by atoms with Gasteiger partial charge in [0.1, 0.15) is 5.82 Å². The van der Waals surface area contributed by atoms with E-state index in [0.717, 1.165) is 37.0 Å². The number of hydrogen-bond acceptors (Lipinski definition) is 5. The second-order valence-corrected chi connectivity index (χ2v) is 6.13. The van der Waals surface area contributed by atoms with Crippen LogP contribution < -0.4 is 10.2 Å². The van der Waals surface area contributed by atoms with Crippen LogP contribution in [-0.2, 0) is 0 Å². The molecular formula is C18H25N5. The van der Waals surface area contributed by atoms with Gasteiger partial charge < -0.3 is 10.2 Å². The molecule has 23 heavy (non-hydrogen) atoms. The zero-order valence-electron chi connectivity index (χ0n) is 14.0. The minimum atomic E-state index is 0.215. The van der Waals surface area contributed by atoms with E-state index < -0.39 is 0 Å². The van der Waals surface area contributed by atoms with Crippen LogP contribution in [0.3, 0.4) is 0 Å². The molecule has 1 fully saturated rings. The monoisotopic (exact) mass is 311 g/mol. The third-order valence-electron chi connectivity index (χ3n) is 4.30. The van der Waals surface area contributed by atoms with E-state index in [4.69, 9.17) is 4.98 Å². The normalized spacial score (nSPS) is 16.2. The van der Waals surface area contributed by atoms with Crippen LogP contribution in [0.25, 0.3) is 0 Å². The van der Waals surface area contributed by atoms with Gasteiger partial charge in [0, 0.05) is 37.2 Å². The van der Waals surface area contributed by atoms with Crippen molar-refractivity contribution in [3.05, 3.63) is 41.9 Å². The van der Waals surface area contributed by atoms with Crippen LogP contribution in [-0.4, -0.2) is 28.0 Å². The van der Waals surface area contributed by atoms with Crippen LogP contribution in [0.5, 0.6) is 0 Å². The molecule has 0 aromatic carbocycles. The third kappa shape index (κ3) is 3.97. The van der Waals surface area contributed by atoms with Gasteiger partial charge in [0.05, 0.1) is 6.04 Å². The summed E-state index contributed by atoms with van der Waals surface area (Å²) in [6, 6.07) is 6.32. The maximum absolute atomic E-state index is 4.75. The average molecular weight is 311 g/mol. The van der Waals surface area contributed by atoms with Crippen molar-refractivity contribution in [1.29, 1.82) is 0 Å². The van der Waals surface area contributed by atoms with Gasteiger partial charge in [-0.25, -0.2) is 4.98 Å². The highest BCUT2D eigenvalue weighted by atomic mass is 15.3. The molecule has 0 saturated carbocycles. The van der Waals surface area contributed by atoms with Crippen LogP contribution in [0.4, 0.5) is 11.8 Å². The quantitative estimate of drug-likeness (QED) is 0.911. The molecule has 2 aromatic rings. The predicted molar refractivity (Wildman–Crippen MR) is 93.7 cm³/mol. The molecule has 0 radical (unpaired) electrons. The summed E-state index contributed by atoms with van der Waals surface area (Å²) in [5, 5.41) is 3.55. The molecule has 1 saturated heterocycles. The van der Waals surface area contributed by atoms with Crippen LogP contribution in [0.1, 0.15) is 49.9 Å². The highest BCUT2D eigenvalue weighted by Crippen LogP contribution is 2.23. The number of nitrogens with one attached hydrogen (secondary N) is 1. The molecule has 0 amide bonds. The summed E-state index contributed by atoms with van der Waals surface area (Å²) in [6.07, 6.45) is 8.47. The van der Waals surface area contributed by atoms with Crippen molar-refractivity contribution in [3.8, 4) is 0 Å². The lowest BCUT2D eigenvalue weighted by Crippen LogP contribution is -2.31. The second-order valence-electron chi connectivity index (χ2n) is 6.13. The lowest BCUT2D eigenvalue weighted by atomic mass is 10.1. The van der Waals surface area contributed by atoms with Crippen LogP contribution in [0.15, 0.2) is 30.6 Å². The first-order valence-corrected chi connectivity index (χ1v) is 8.53. The highest BCUT2D eigenvalue weighted by molar-refractivity contribution is 5.45. The van der Waals surface area contributed by atoms with Crippen molar-refractivity contribution in [2.24, 2.45) is 0 Å². The van der Waals surface area contributed by atoms with Crippen LogP contribution in [0.2, 0.25) is 0 Å². The molecule has 5 heteroatoms. The molecule has 1 aliphatic heterocycles. The molecular weight excluding hydrogens is 286 g/mol. The summed E-state index contributed by atoms with van der Waals surface area (Å²) < 4.78 is 0. The van der Waals surface area contributed by atoms with Gasteiger partial charge in [0.2, 0.25) is 5.95 Å². The van der Waals surface area contributed by atoms with Gasteiger partial charge in [0.25, 0.3) is 0 Å². The van der Waals surface area contributed by atoms with Gasteiger partial charge in [-0.05, 0) is 44.2 Å². The van der Waals surface area contributed by atoms with E-state index in [0.29, 0.717) is 0 Å². The number of aromatic nitrogens is 3. The van der Waals surface area contributed by atoms with Crippen LogP contribution in [0, 0.1) is 6.92 Å². The summed E-state index contributed by atoms with van der Waals surface area (Å²) >= 11 is 0. The van der Waals surface area contributed by atoms with Crippen molar-refractivity contribution in [1.82, 2.24) is 15.0 Å². The number of rotatable bonds is 5. The minimum absolute atomic E-state index is 0.215. The Labute approximate surface area is 138 Å². The molecule has 0 bridgehead atoms. The Morgan fingerprint density at radius 2 is 2.04 bits per heavy atom. The Morgan fingerprint density at radius 1 is 1.22 bits per heavy atom. The SMILES string of the molecule is CC[C@H](Nc1cc(C)nc(N2CCCCC2)n1)c1cccnc1. The zero-order chi connectivity index (χ0) is 16.1. The topological polar surface area (TPSA) is 53.9 Å². The largest absolute Gasteiger partial charge is 0.363 e. The Kier molecular flexibility index (Phi) is 5.05. The molecule has 122 valence electrons. The number of aryl methyl sites for hydroxylation is 1. The number of pyridine rings is 1. The van der Waals surface area contributed by atoms with E-state index in [-0.39, 0.29) is 6.04 Å². The van der Waals surface area contributed by atoms with Crippen molar-refractivity contribution < 1.29 is 0 Å². The zero-order valence-corrected chi connectivity index (χ0v) is 14.0. The van der Waals surface area contributed by atoms with E-state index >= 15 is 0 Å². The fraction of sp³-hybridized carbons (Fsp3) is 0.500. The Bertz CT molecular complexity index is 623. The molecule has 1 aliphatic rings. The van der Waals surface area contributed by atoms with Crippen molar-refractivity contribution in [3.63, 3.8) is 0 Å². The van der Waals surface area contributed by atoms with Gasteiger partial charge >= 0.3 is 0 Å². The van der Waals surface area contributed by atoms with Crippen molar-refractivity contribution in [2.45, 2.75) is 45.6 Å². The second kappa shape index (κ2) is 7.40. The maximum Gasteiger partial charge on any atom is 0.227 e. The third-order valence-corrected chi connectivity index (χ3v) is 4.30. The summed E-state index contributed by atoms with van der Waals surface area (Å²) in [6.45, 7) is 6.32. The standard InChI is InChI=1S/C18H25N5/c1-3-16(15-8-7-9-19-13-15)21-17-12-14(2)20-18(22-17)23-10-5-4-6-11-23/h7-9,12-13,16H,3-6,10-11H2,1-2H3,(H,20,21,22)/t16-/m0/s1. The molecule has 1 N–H and O–H groups in total. The number of nitrogens with zero attached hydrogens (tertiary/aromatic N) is 4. The first-order valence-electron chi connectivity index (χ1n) is 8.53. The van der Waals surface area contributed by atoms with E-state index in [2.05, 4.69) is 33.2 Å². The van der Waals surface area contributed by atoms with E-state index in [1.54, 1.807) is 6.20 Å². The summed E-state index contributed by atoms with van der Waals surface area (Å²) in [5.41, 5.74) is 2.19. The summed E-state index contributed by atoms with van der Waals surface area (Å²) in [7, 11) is 0. The van der Waals surface area contributed by atoms with Gasteiger partial charge in [-0.2, -0.15) is 4.98 Å². The van der Waals surface area contributed by atoms with Gasteiger partial charge in [-0.3, -0.25) is 4.98 Å². The molecule has 0 unspecified atom stereocenters. The smallest absolute Gasteiger partial charge is 0.227 e. The molecule has 3 rings (SSSR count). The molecule has 1 atom stereocenters. The summed E-state index contributed by atoms with van der Waals surface area (Å²) in [4.78, 5) is 15.9. The lowest BCUT2D eigenvalue weighted by Gasteiger charge is -2.27. The minimum Gasteiger partial charge on any atom is -0.363 e. The molecule has 0 aliphatic carbocycles. The van der Waals surface area contributed by atoms with E-state index in [1.807, 2.05) is 25.3 Å². The Hall–Kier alpha value is -2.17. The fourth-order valence-corrected chi connectivity index (χ4v) is 3.04. The van der Waals surface area contributed by atoms with Crippen molar-refractivity contribution in [2.75, 3.05) is 23.3 Å². The lowest BCUT2D eigenvalue weighted by molar-refractivity contribution is 0.567. The Morgan fingerprint density at radius 3 is 2.74 bits per heavy atom. The van der Waals surface area contributed by atoms with E-state index in [9.17, 15) is 0 Å². The average Bonchev–Trinajstić information content (AvgIpc) is 2.61. The highest BCUT2D eigenvalue weighted by Gasteiger charge is 2.16. The number of anilines is 2. The number of piperidine rings is 1. The predicted octanol–water partition coefficient (Wildman–Crippen LogP) is 3.73. The van der Waals surface area contributed by atoms with Crippen LogP contribution >= 0.6 is 0 Å². The molecule has 2 aromatic heterocycles. The Balaban J connectivity index is 1.80. The summed E-state index contributed by atoms with van der Waals surface area (Å²) in [5.74, 6) is 1.75. The van der Waals surface area contributed by atoms with Crippen molar-refractivity contribution >= 4 is 11.8 Å². The van der Waals surface area contributed by atoms with E-state index in [1.165, 1.54) is 24.8 Å². The fourth-order valence-electron chi connectivity index (χ4n) is 3.04. The van der Waals surface area contributed by atoms with Gasteiger partial charge in [-0.15, -0.1) is 0 Å². The molecule has 5 nitrogen and oxygen atoms in total. The molecule has 0 spiro atoms. The number of hydrogen-bond donors (Lipinski definition) is 1. The maximum atomic E-state index is 4.75. The first-order chi connectivity index (χ1) is 11.3. The van der Waals surface area contributed by atoms with Gasteiger partial charge in [-0.1, -0.05) is 13.0 Å². The first kappa shape index (κ1) is 15.7. The molecule has 3 heterocycles.